The first-order valence-corrected chi connectivity index (χ1v) is 6.99. The minimum Gasteiger partial charge on any atom is -0.329 e. The van der Waals surface area contributed by atoms with E-state index in [0.29, 0.717) is 11.4 Å². The molecule has 0 unspecified atom stereocenters. The Bertz CT molecular complexity index is 534. The van der Waals surface area contributed by atoms with Gasteiger partial charge in [-0.15, -0.1) is 24.2 Å². The molecule has 7 heteroatoms. The average molecular weight is 316 g/mol. The van der Waals surface area contributed by atoms with Gasteiger partial charge < -0.3 is 16.4 Å². The van der Waals surface area contributed by atoms with Crippen molar-refractivity contribution in [3.8, 4) is 0 Å². The van der Waals surface area contributed by atoms with E-state index in [2.05, 4.69) is 10.6 Å². The number of hydrogen-bond acceptors (Lipinski definition) is 4. The second-order valence-corrected chi connectivity index (χ2v) is 6.11. The Kier molecular flexibility index (Phi) is 5.44. The number of fused-ring (bicyclic) bond motifs is 1. The van der Waals surface area contributed by atoms with Crippen molar-refractivity contribution < 1.29 is 9.59 Å². The van der Waals surface area contributed by atoms with E-state index in [0.717, 1.165) is 10.6 Å². The molecule has 4 N–H and O–H groups in total. The van der Waals surface area contributed by atoms with Crippen LogP contribution in [0.4, 0.5) is 11.4 Å². The first-order valence-electron chi connectivity index (χ1n) is 6.00. The van der Waals surface area contributed by atoms with Gasteiger partial charge in [0, 0.05) is 17.1 Å². The Balaban J connectivity index is 0.00000200. The van der Waals surface area contributed by atoms with E-state index in [1.54, 1.807) is 19.9 Å². The average Bonchev–Trinajstić information content (AvgIpc) is 2.38. The van der Waals surface area contributed by atoms with E-state index in [1.165, 1.54) is 11.8 Å². The van der Waals surface area contributed by atoms with Crippen LogP contribution < -0.4 is 16.4 Å². The van der Waals surface area contributed by atoms with Gasteiger partial charge in [0.05, 0.1) is 16.9 Å². The number of nitrogens with two attached hydrogens (primary N) is 1. The molecule has 20 heavy (non-hydrogen) atoms. The summed E-state index contributed by atoms with van der Waals surface area (Å²) in [5, 5.41) is 5.61. The molecule has 2 amide bonds. The van der Waals surface area contributed by atoms with Crippen LogP contribution in [0.2, 0.25) is 0 Å². The number of thioether (sulfide) groups is 1. The molecule has 0 saturated carbocycles. The lowest BCUT2D eigenvalue weighted by Crippen LogP contribution is -2.37. The monoisotopic (exact) mass is 315 g/mol. The highest BCUT2D eigenvalue weighted by Gasteiger charge is 2.26. The highest BCUT2D eigenvalue weighted by Crippen LogP contribution is 2.33. The van der Waals surface area contributed by atoms with Crippen LogP contribution >= 0.6 is 24.2 Å². The molecule has 1 heterocycles. The molecule has 1 aromatic rings. The number of nitrogens with one attached hydrogen (secondary N) is 2. The first-order chi connectivity index (χ1) is 8.92. The van der Waals surface area contributed by atoms with Crippen LogP contribution in [0.3, 0.4) is 0 Å². The van der Waals surface area contributed by atoms with Crippen molar-refractivity contribution in [2.75, 3.05) is 22.9 Å². The van der Waals surface area contributed by atoms with Gasteiger partial charge in [-0.25, -0.2) is 0 Å². The van der Waals surface area contributed by atoms with Gasteiger partial charge in [0.1, 0.15) is 0 Å². The molecule has 1 aromatic carbocycles. The molecule has 0 spiro atoms. The van der Waals surface area contributed by atoms with E-state index < -0.39 is 5.41 Å². The van der Waals surface area contributed by atoms with Crippen LogP contribution in [0.15, 0.2) is 23.1 Å². The number of halogens is 1. The summed E-state index contributed by atoms with van der Waals surface area (Å²) in [6, 6.07) is 5.49. The normalized spacial score (nSPS) is 13.8. The Morgan fingerprint density at radius 1 is 1.50 bits per heavy atom. The molecule has 0 aromatic heterocycles. The largest absolute Gasteiger partial charge is 0.329 e. The van der Waals surface area contributed by atoms with E-state index in [4.69, 9.17) is 5.73 Å². The number of benzene rings is 1. The summed E-state index contributed by atoms with van der Waals surface area (Å²) in [4.78, 5) is 24.4. The predicted molar refractivity (Wildman–Crippen MR) is 84.5 cm³/mol. The lowest BCUT2D eigenvalue weighted by Gasteiger charge is -2.22. The summed E-state index contributed by atoms with van der Waals surface area (Å²) in [6.45, 7) is 3.85. The summed E-state index contributed by atoms with van der Waals surface area (Å²) in [6.07, 6.45) is 0. The Hall–Kier alpha value is -1.24. The molecule has 0 atom stereocenters. The molecule has 5 nitrogen and oxygen atoms in total. The van der Waals surface area contributed by atoms with Gasteiger partial charge in [-0.1, -0.05) is 0 Å². The van der Waals surface area contributed by atoms with Gasteiger partial charge in [-0.2, -0.15) is 0 Å². The highest BCUT2D eigenvalue weighted by atomic mass is 35.5. The summed E-state index contributed by atoms with van der Waals surface area (Å²) in [7, 11) is 0. The van der Waals surface area contributed by atoms with E-state index >= 15 is 0 Å². The van der Waals surface area contributed by atoms with Crippen LogP contribution in [0.5, 0.6) is 0 Å². The second-order valence-electron chi connectivity index (χ2n) is 5.09. The van der Waals surface area contributed by atoms with Gasteiger partial charge in [-0.3, -0.25) is 9.59 Å². The minimum atomic E-state index is -0.617. The molecule has 0 aliphatic carbocycles. The fraction of sp³-hybridized carbons (Fsp3) is 0.385. The number of anilines is 2. The SMILES string of the molecule is CC(C)(CN)C(=O)Nc1ccc2c(c1)NC(=O)CS2.Cl. The third-order valence-corrected chi connectivity index (χ3v) is 4.07. The van der Waals surface area contributed by atoms with E-state index in [9.17, 15) is 9.59 Å². The van der Waals surface area contributed by atoms with Gasteiger partial charge in [0.25, 0.3) is 0 Å². The summed E-state index contributed by atoms with van der Waals surface area (Å²) in [5.74, 6) is 0.270. The Morgan fingerprint density at radius 2 is 2.20 bits per heavy atom. The molecule has 1 aliphatic heterocycles. The number of carbonyl (C=O) groups excluding carboxylic acids is 2. The van der Waals surface area contributed by atoms with E-state index in [-0.39, 0.29) is 30.8 Å². The summed E-state index contributed by atoms with van der Waals surface area (Å²) >= 11 is 1.49. The molecule has 0 saturated heterocycles. The van der Waals surface area contributed by atoms with Gasteiger partial charge in [-0.05, 0) is 32.0 Å². The fourth-order valence-electron chi connectivity index (χ4n) is 1.55. The molecule has 0 fully saturated rings. The van der Waals surface area contributed by atoms with Crippen molar-refractivity contribution >= 4 is 47.4 Å². The zero-order valence-electron chi connectivity index (χ0n) is 11.4. The van der Waals surface area contributed by atoms with Crippen LogP contribution in [-0.2, 0) is 9.59 Å². The zero-order valence-corrected chi connectivity index (χ0v) is 13.0. The standard InChI is InChI=1S/C13H17N3O2S.ClH/c1-13(2,7-14)12(18)15-8-3-4-10-9(5-8)16-11(17)6-19-10;/h3-5H,6-7,14H2,1-2H3,(H,15,18)(H,16,17);1H. The van der Waals surface area contributed by atoms with Crippen molar-refractivity contribution in [2.24, 2.45) is 11.1 Å². The highest BCUT2D eigenvalue weighted by molar-refractivity contribution is 8.00. The number of rotatable bonds is 3. The van der Waals surface area contributed by atoms with Crippen molar-refractivity contribution in [3.63, 3.8) is 0 Å². The van der Waals surface area contributed by atoms with Crippen molar-refractivity contribution in [1.29, 1.82) is 0 Å². The topological polar surface area (TPSA) is 84.2 Å². The van der Waals surface area contributed by atoms with Gasteiger partial charge in [0.15, 0.2) is 0 Å². The Morgan fingerprint density at radius 3 is 2.85 bits per heavy atom. The molecular weight excluding hydrogens is 298 g/mol. The minimum absolute atomic E-state index is 0. The predicted octanol–water partition coefficient (Wildman–Crippen LogP) is 2.08. The first kappa shape index (κ1) is 16.8. The Labute approximate surface area is 128 Å². The summed E-state index contributed by atoms with van der Waals surface area (Å²) < 4.78 is 0. The van der Waals surface area contributed by atoms with Crippen LogP contribution in [0.1, 0.15) is 13.8 Å². The summed E-state index contributed by atoms with van der Waals surface area (Å²) in [5.41, 5.74) is 6.35. The van der Waals surface area contributed by atoms with Crippen molar-refractivity contribution in [3.05, 3.63) is 18.2 Å². The zero-order chi connectivity index (χ0) is 14.0. The molecular formula is C13H18ClN3O2S. The molecule has 0 radical (unpaired) electrons. The maximum absolute atomic E-state index is 12.0. The maximum atomic E-state index is 12.0. The lowest BCUT2D eigenvalue weighted by atomic mass is 9.92. The smallest absolute Gasteiger partial charge is 0.234 e. The van der Waals surface area contributed by atoms with Crippen molar-refractivity contribution in [1.82, 2.24) is 0 Å². The van der Waals surface area contributed by atoms with Crippen molar-refractivity contribution in [2.45, 2.75) is 18.7 Å². The van der Waals surface area contributed by atoms with Crippen LogP contribution in [-0.4, -0.2) is 24.1 Å². The van der Waals surface area contributed by atoms with E-state index in [1.807, 2.05) is 12.1 Å². The molecule has 2 rings (SSSR count). The second kappa shape index (κ2) is 6.47. The third kappa shape index (κ3) is 3.65. The number of hydrogen-bond donors (Lipinski definition) is 3. The lowest BCUT2D eigenvalue weighted by molar-refractivity contribution is -0.123. The van der Waals surface area contributed by atoms with Crippen LogP contribution in [0, 0.1) is 5.41 Å². The number of carbonyl (C=O) groups is 2. The number of amides is 2. The molecule has 1 aliphatic rings. The van der Waals surface area contributed by atoms with Gasteiger partial charge in [0.2, 0.25) is 11.8 Å². The molecule has 0 bridgehead atoms. The van der Waals surface area contributed by atoms with Gasteiger partial charge >= 0.3 is 0 Å². The fourth-order valence-corrected chi connectivity index (χ4v) is 2.34. The maximum Gasteiger partial charge on any atom is 0.234 e. The quantitative estimate of drug-likeness (QED) is 0.797. The van der Waals surface area contributed by atoms with Crippen LogP contribution in [0.25, 0.3) is 0 Å². The third-order valence-electron chi connectivity index (χ3n) is 3.00. The molecule has 110 valence electrons.